The molecule has 78 valence electrons. The lowest BCUT2D eigenvalue weighted by Gasteiger charge is -2.23. The van der Waals surface area contributed by atoms with Gasteiger partial charge in [0, 0.05) is 19.6 Å². The van der Waals surface area contributed by atoms with Crippen LogP contribution in [0.4, 0.5) is 4.79 Å². The van der Waals surface area contributed by atoms with Crippen LogP contribution in [0.2, 0.25) is 0 Å². The largest absolute Gasteiger partial charge is 0.449 e. The molecule has 1 atom stereocenters. The average molecular weight is 188 g/mol. The summed E-state index contributed by atoms with van der Waals surface area (Å²) in [5, 5.41) is 0. The van der Waals surface area contributed by atoms with Crippen LogP contribution >= 0.6 is 0 Å². The Kier molecular flexibility index (Phi) is 5.46. The minimum absolute atomic E-state index is 0.0275. The third kappa shape index (κ3) is 4.72. The predicted molar refractivity (Wildman–Crippen MR) is 52.5 cm³/mol. The van der Waals surface area contributed by atoms with Crippen molar-refractivity contribution in [2.45, 2.75) is 26.8 Å². The van der Waals surface area contributed by atoms with Crippen LogP contribution in [0.25, 0.3) is 0 Å². The Balaban J connectivity index is 3.82. The van der Waals surface area contributed by atoms with Gasteiger partial charge in [0.25, 0.3) is 0 Å². The normalized spacial score (nSPS) is 12.8. The van der Waals surface area contributed by atoms with Gasteiger partial charge in [0.1, 0.15) is 0 Å². The highest BCUT2D eigenvalue weighted by Gasteiger charge is 2.15. The zero-order valence-corrected chi connectivity index (χ0v) is 8.91. The van der Waals surface area contributed by atoms with Crippen LogP contribution in [0.3, 0.4) is 0 Å². The van der Waals surface area contributed by atoms with Gasteiger partial charge in [-0.2, -0.15) is 0 Å². The Labute approximate surface area is 80.0 Å². The van der Waals surface area contributed by atoms with Gasteiger partial charge in [0.15, 0.2) is 0 Å². The van der Waals surface area contributed by atoms with E-state index in [-0.39, 0.29) is 12.1 Å². The second-order valence-corrected chi connectivity index (χ2v) is 3.67. The Morgan fingerprint density at radius 1 is 1.46 bits per heavy atom. The number of rotatable bonds is 4. The van der Waals surface area contributed by atoms with Crippen LogP contribution in [-0.2, 0) is 4.74 Å². The molecular weight excluding hydrogens is 168 g/mol. The van der Waals surface area contributed by atoms with Gasteiger partial charge in [-0.05, 0) is 12.8 Å². The van der Waals surface area contributed by atoms with Crippen LogP contribution in [0, 0.1) is 5.92 Å². The van der Waals surface area contributed by atoms with Gasteiger partial charge in [-0.25, -0.2) is 4.79 Å². The summed E-state index contributed by atoms with van der Waals surface area (Å²) in [6.45, 7) is 6.80. The van der Waals surface area contributed by atoms with Crippen molar-refractivity contribution in [3.63, 3.8) is 0 Å². The number of nitrogens with zero attached hydrogens (tertiary/aromatic N) is 1. The van der Waals surface area contributed by atoms with Crippen molar-refractivity contribution in [1.82, 2.24) is 4.90 Å². The fourth-order valence-electron chi connectivity index (χ4n) is 0.678. The topological polar surface area (TPSA) is 55.6 Å². The van der Waals surface area contributed by atoms with Gasteiger partial charge in [0.2, 0.25) is 0 Å². The van der Waals surface area contributed by atoms with E-state index in [1.54, 1.807) is 7.05 Å². The summed E-state index contributed by atoms with van der Waals surface area (Å²) in [5.74, 6) is 0.366. The standard InChI is InChI=1S/C9H20N2O2/c1-7(2)6-13-9(12)11(4)8(3)5-10/h7-8H,5-6,10H2,1-4H3. The summed E-state index contributed by atoms with van der Waals surface area (Å²) in [4.78, 5) is 12.8. The van der Waals surface area contributed by atoms with Crippen molar-refractivity contribution in [2.24, 2.45) is 11.7 Å². The molecule has 4 nitrogen and oxygen atoms in total. The number of likely N-dealkylation sites (N-methyl/N-ethyl adjacent to an activating group) is 1. The van der Waals surface area contributed by atoms with Gasteiger partial charge < -0.3 is 15.4 Å². The molecule has 0 rings (SSSR count). The van der Waals surface area contributed by atoms with Gasteiger partial charge in [-0.15, -0.1) is 0 Å². The molecule has 0 bridgehead atoms. The zero-order chi connectivity index (χ0) is 10.4. The summed E-state index contributed by atoms with van der Waals surface area (Å²) < 4.78 is 5.02. The van der Waals surface area contributed by atoms with Crippen molar-refractivity contribution in [1.29, 1.82) is 0 Å². The first-order valence-corrected chi connectivity index (χ1v) is 4.58. The molecule has 0 spiro atoms. The van der Waals surface area contributed by atoms with Crippen LogP contribution < -0.4 is 5.73 Å². The molecule has 2 N–H and O–H groups in total. The van der Waals surface area contributed by atoms with Gasteiger partial charge in [0.05, 0.1) is 6.61 Å². The summed E-state index contributed by atoms with van der Waals surface area (Å²) in [5.41, 5.74) is 5.42. The Morgan fingerprint density at radius 2 is 2.00 bits per heavy atom. The molecule has 0 aromatic rings. The molecule has 13 heavy (non-hydrogen) atoms. The summed E-state index contributed by atoms with van der Waals surface area (Å²) in [7, 11) is 1.69. The first-order valence-electron chi connectivity index (χ1n) is 4.58. The number of hydrogen-bond donors (Lipinski definition) is 1. The molecule has 0 saturated carbocycles. The van der Waals surface area contributed by atoms with Crippen LogP contribution in [0.5, 0.6) is 0 Å². The number of carbonyl (C=O) groups excluding carboxylic acids is 1. The molecule has 0 aromatic heterocycles. The second kappa shape index (κ2) is 5.80. The van der Waals surface area contributed by atoms with Crippen LogP contribution in [0.1, 0.15) is 20.8 Å². The van der Waals surface area contributed by atoms with Gasteiger partial charge in [-0.3, -0.25) is 0 Å². The van der Waals surface area contributed by atoms with Crippen molar-refractivity contribution < 1.29 is 9.53 Å². The molecule has 1 unspecified atom stereocenters. The van der Waals surface area contributed by atoms with E-state index in [1.165, 1.54) is 4.90 Å². The first kappa shape index (κ1) is 12.2. The van der Waals surface area contributed by atoms with Crippen molar-refractivity contribution >= 4 is 6.09 Å². The molecule has 0 fully saturated rings. The lowest BCUT2D eigenvalue weighted by molar-refractivity contribution is 0.0905. The molecule has 0 radical (unpaired) electrons. The summed E-state index contributed by atoms with van der Waals surface area (Å²) in [6, 6.07) is 0.0275. The maximum Gasteiger partial charge on any atom is 0.409 e. The third-order valence-electron chi connectivity index (χ3n) is 1.83. The maximum absolute atomic E-state index is 11.3. The monoisotopic (exact) mass is 188 g/mol. The molecule has 0 aliphatic heterocycles. The van der Waals surface area contributed by atoms with E-state index < -0.39 is 0 Å². The third-order valence-corrected chi connectivity index (χ3v) is 1.83. The first-order chi connectivity index (χ1) is 5.99. The Bertz CT molecular complexity index is 160. The lowest BCUT2D eigenvalue weighted by Crippen LogP contribution is -2.40. The minimum atomic E-state index is -0.299. The van der Waals surface area contributed by atoms with Crippen LogP contribution in [0.15, 0.2) is 0 Å². The minimum Gasteiger partial charge on any atom is -0.449 e. The lowest BCUT2D eigenvalue weighted by atomic mass is 10.2. The summed E-state index contributed by atoms with van der Waals surface area (Å²) in [6.07, 6.45) is -0.299. The summed E-state index contributed by atoms with van der Waals surface area (Å²) >= 11 is 0. The molecule has 0 aliphatic carbocycles. The number of hydrogen-bond acceptors (Lipinski definition) is 3. The zero-order valence-electron chi connectivity index (χ0n) is 8.91. The molecule has 0 heterocycles. The predicted octanol–water partition coefficient (Wildman–Crippen LogP) is 1.06. The van der Waals surface area contributed by atoms with E-state index in [0.29, 0.717) is 19.1 Å². The Morgan fingerprint density at radius 3 is 2.38 bits per heavy atom. The van der Waals surface area contributed by atoms with E-state index in [1.807, 2.05) is 20.8 Å². The number of nitrogens with two attached hydrogens (primary N) is 1. The fourth-order valence-corrected chi connectivity index (χ4v) is 0.678. The molecule has 0 aromatic carbocycles. The highest BCUT2D eigenvalue weighted by molar-refractivity contribution is 5.67. The van der Waals surface area contributed by atoms with E-state index >= 15 is 0 Å². The molecule has 0 aliphatic rings. The number of ether oxygens (including phenoxy) is 1. The highest BCUT2D eigenvalue weighted by atomic mass is 16.6. The smallest absolute Gasteiger partial charge is 0.409 e. The van der Waals surface area contributed by atoms with E-state index in [9.17, 15) is 4.79 Å². The van der Waals surface area contributed by atoms with Gasteiger partial charge in [-0.1, -0.05) is 13.8 Å². The average Bonchev–Trinajstić information content (AvgIpc) is 2.11. The quantitative estimate of drug-likeness (QED) is 0.717. The van der Waals surface area contributed by atoms with E-state index in [4.69, 9.17) is 10.5 Å². The molecule has 0 saturated heterocycles. The second-order valence-electron chi connectivity index (χ2n) is 3.67. The SMILES string of the molecule is CC(C)COC(=O)N(C)C(C)CN. The molecule has 1 amide bonds. The van der Waals surface area contributed by atoms with E-state index in [0.717, 1.165) is 0 Å². The van der Waals surface area contributed by atoms with Crippen molar-refractivity contribution in [2.75, 3.05) is 20.2 Å². The number of amides is 1. The van der Waals surface area contributed by atoms with Gasteiger partial charge >= 0.3 is 6.09 Å². The maximum atomic E-state index is 11.3. The molecular formula is C9H20N2O2. The van der Waals surface area contributed by atoms with E-state index in [2.05, 4.69) is 0 Å². The Hall–Kier alpha value is -0.770. The fraction of sp³-hybridized carbons (Fsp3) is 0.889. The van der Waals surface area contributed by atoms with Crippen molar-refractivity contribution in [3.8, 4) is 0 Å². The van der Waals surface area contributed by atoms with Crippen LogP contribution in [-0.4, -0.2) is 37.2 Å². The number of carbonyl (C=O) groups is 1. The molecule has 4 heteroatoms. The highest BCUT2D eigenvalue weighted by Crippen LogP contribution is 2.00. The van der Waals surface area contributed by atoms with Crippen molar-refractivity contribution in [3.05, 3.63) is 0 Å².